The molecule has 0 aliphatic carbocycles. The van der Waals surface area contributed by atoms with Crippen LogP contribution in [0.4, 0.5) is 0 Å². The second kappa shape index (κ2) is 49.7. The molecule has 0 bridgehead atoms. The second-order valence-corrected chi connectivity index (χ2v) is 22.5. The molecule has 0 radical (unpaired) electrons. The lowest BCUT2D eigenvalue weighted by Crippen LogP contribution is -2.45. The summed E-state index contributed by atoms with van der Waals surface area (Å²) in [5.41, 5.74) is 0. The average molecular weight is 967 g/mol. The van der Waals surface area contributed by atoms with Crippen molar-refractivity contribution in [3.05, 3.63) is 36.5 Å². The van der Waals surface area contributed by atoms with Crippen LogP contribution in [0.15, 0.2) is 36.5 Å². The van der Waals surface area contributed by atoms with Gasteiger partial charge in [0, 0.05) is 6.42 Å². The van der Waals surface area contributed by atoms with Crippen molar-refractivity contribution in [2.75, 3.05) is 40.9 Å². The van der Waals surface area contributed by atoms with Crippen molar-refractivity contribution >= 4 is 13.7 Å². The van der Waals surface area contributed by atoms with Gasteiger partial charge in [-0.15, -0.1) is 0 Å². The number of nitrogens with one attached hydrogen (secondary N) is 1. The maximum Gasteiger partial charge on any atom is 0.472 e. The Kier molecular flexibility index (Phi) is 48.7. The van der Waals surface area contributed by atoms with Crippen LogP contribution in [0.25, 0.3) is 0 Å². The Labute approximate surface area is 417 Å². The maximum absolute atomic E-state index is 13.0. The number of amides is 1. The Balaban J connectivity index is 4.24. The van der Waals surface area contributed by atoms with E-state index in [4.69, 9.17) is 9.05 Å². The molecule has 3 atom stereocenters. The topological polar surface area (TPSA) is 105 Å². The predicted molar refractivity (Wildman–Crippen MR) is 291 cm³/mol. The number of carbonyl (C=O) groups excluding carboxylic acids is 1. The van der Waals surface area contributed by atoms with Crippen LogP contribution in [0.3, 0.4) is 0 Å². The molecule has 0 aromatic rings. The molecular formula is C58H114N2O6P+. The van der Waals surface area contributed by atoms with Gasteiger partial charge in [-0.2, -0.15) is 0 Å². The lowest BCUT2D eigenvalue weighted by Gasteiger charge is -2.25. The highest BCUT2D eigenvalue weighted by Gasteiger charge is 2.27. The van der Waals surface area contributed by atoms with Gasteiger partial charge in [-0.3, -0.25) is 13.8 Å². The summed E-state index contributed by atoms with van der Waals surface area (Å²) in [6, 6.07) is -0.851. The van der Waals surface area contributed by atoms with Crippen LogP contribution in [0, 0.1) is 0 Å². The highest BCUT2D eigenvalue weighted by atomic mass is 31.2. The van der Waals surface area contributed by atoms with Crippen LogP contribution in [0.5, 0.6) is 0 Å². The molecule has 0 rings (SSSR count). The molecule has 0 saturated carbocycles. The fraction of sp³-hybridized carbons (Fsp3) is 0.879. The van der Waals surface area contributed by atoms with Gasteiger partial charge in [0.15, 0.2) is 0 Å². The molecule has 3 unspecified atom stereocenters. The number of allylic oxidation sites excluding steroid dienone is 5. The van der Waals surface area contributed by atoms with Crippen molar-refractivity contribution < 1.29 is 32.9 Å². The van der Waals surface area contributed by atoms with E-state index in [9.17, 15) is 19.4 Å². The van der Waals surface area contributed by atoms with Crippen LogP contribution >= 0.6 is 7.82 Å². The van der Waals surface area contributed by atoms with E-state index in [0.717, 1.165) is 51.4 Å². The standard InChI is InChI=1S/C58H113N2O6P/c1-6-8-10-12-14-16-18-20-22-24-26-28-30-32-34-36-38-40-42-44-46-48-50-52-58(62)59-56(55-66-67(63,64)65-54-53-60(3,4)5)57(61)51-49-47-45-43-41-39-37-35-33-31-29-27-25-23-21-19-17-15-13-11-9-7-2/h26,28,32,34,49,51,56-57,61H,6-25,27,29-31,33,35-48,50,52-55H2,1-5H3,(H-,59,62,63,64)/p+1/b28-26-,34-32-,51-49+. The van der Waals surface area contributed by atoms with E-state index in [0.29, 0.717) is 17.4 Å². The molecule has 0 aliphatic heterocycles. The van der Waals surface area contributed by atoms with Gasteiger partial charge in [0.2, 0.25) is 5.91 Å². The summed E-state index contributed by atoms with van der Waals surface area (Å²) >= 11 is 0. The minimum absolute atomic E-state index is 0.0602. The molecule has 0 saturated heterocycles. The molecule has 3 N–H and O–H groups in total. The van der Waals surface area contributed by atoms with Crippen LogP contribution in [0.1, 0.15) is 277 Å². The monoisotopic (exact) mass is 966 g/mol. The lowest BCUT2D eigenvalue weighted by molar-refractivity contribution is -0.870. The molecule has 0 heterocycles. The fourth-order valence-electron chi connectivity index (χ4n) is 8.54. The first-order chi connectivity index (χ1) is 32.5. The minimum Gasteiger partial charge on any atom is -0.387 e. The number of carbonyl (C=O) groups is 1. The summed E-state index contributed by atoms with van der Waals surface area (Å²) in [5.74, 6) is -0.181. The third-order valence-corrected chi connectivity index (χ3v) is 14.1. The minimum atomic E-state index is -4.35. The number of quaternary nitrogens is 1. The van der Waals surface area contributed by atoms with E-state index in [1.807, 2.05) is 27.2 Å². The number of hydrogen-bond acceptors (Lipinski definition) is 5. The smallest absolute Gasteiger partial charge is 0.387 e. The van der Waals surface area contributed by atoms with E-state index < -0.39 is 20.0 Å². The molecular weight excluding hydrogens is 852 g/mol. The van der Waals surface area contributed by atoms with Crippen molar-refractivity contribution in [3.63, 3.8) is 0 Å². The third kappa shape index (κ3) is 52.4. The lowest BCUT2D eigenvalue weighted by atomic mass is 10.0. The molecule has 1 amide bonds. The van der Waals surface area contributed by atoms with E-state index in [1.165, 1.54) is 205 Å². The van der Waals surface area contributed by atoms with Crippen LogP contribution in [0.2, 0.25) is 0 Å². The SMILES string of the molecule is CCCCCCCCCCC/C=C\C/C=C\CCCCCCCCCC(=O)NC(COP(=O)(O)OCC[N+](C)(C)C)C(O)/C=C/CCCCCCCCCCCCCCCCCCCCCC. The maximum atomic E-state index is 13.0. The Morgan fingerprint density at radius 1 is 0.507 bits per heavy atom. The zero-order valence-electron chi connectivity index (χ0n) is 45.2. The summed E-state index contributed by atoms with van der Waals surface area (Å²) < 4.78 is 23.7. The summed E-state index contributed by atoms with van der Waals surface area (Å²) in [6.07, 6.45) is 63.8. The number of aliphatic hydroxyl groups is 1. The van der Waals surface area contributed by atoms with E-state index in [1.54, 1.807) is 6.08 Å². The number of phosphoric acid groups is 1. The first-order valence-electron chi connectivity index (χ1n) is 28.9. The van der Waals surface area contributed by atoms with Crippen LogP contribution < -0.4 is 5.32 Å². The van der Waals surface area contributed by atoms with Gasteiger partial charge in [0.05, 0.1) is 39.9 Å². The first-order valence-corrected chi connectivity index (χ1v) is 30.4. The number of aliphatic hydroxyl groups excluding tert-OH is 1. The van der Waals surface area contributed by atoms with Gasteiger partial charge in [-0.05, 0) is 51.4 Å². The first kappa shape index (κ1) is 65.7. The van der Waals surface area contributed by atoms with Gasteiger partial charge < -0.3 is 19.8 Å². The van der Waals surface area contributed by atoms with Crippen molar-refractivity contribution in [2.45, 2.75) is 289 Å². The van der Waals surface area contributed by atoms with Crippen molar-refractivity contribution in [1.29, 1.82) is 0 Å². The van der Waals surface area contributed by atoms with E-state index in [2.05, 4.69) is 43.5 Å². The Hall–Kier alpha value is -1.28. The largest absolute Gasteiger partial charge is 0.472 e. The third-order valence-electron chi connectivity index (χ3n) is 13.1. The average Bonchev–Trinajstić information content (AvgIpc) is 3.29. The van der Waals surface area contributed by atoms with Crippen molar-refractivity contribution in [3.8, 4) is 0 Å². The predicted octanol–water partition coefficient (Wildman–Crippen LogP) is 17.4. The molecule has 396 valence electrons. The number of unbranched alkanes of at least 4 members (excludes halogenated alkanes) is 36. The molecule has 9 heteroatoms. The highest BCUT2D eigenvalue weighted by Crippen LogP contribution is 2.43. The molecule has 8 nitrogen and oxygen atoms in total. The zero-order chi connectivity index (χ0) is 49.2. The van der Waals surface area contributed by atoms with E-state index >= 15 is 0 Å². The van der Waals surface area contributed by atoms with Gasteiger partial charge in [0.1, 0.15) is 13.2 Å². The normalized spacial score (nSPS) is 14.2. The van der Waals surface area contributed by atoms with Gasteiger partial charge >= 0.3 is 7.82 Å². The highest BCUT2D eigenvalue weighted by molar-refractivity contribution is 7.47. The fourth-order valence-corrected chi connectivity index (χ4v) is 9.28. The van der Waals surface area contributed by atoms with Gasteiger partial charge in [-0.25, -0.2) is 4.57 Å². The quantitative estimate of drug-likeness (QED) is 0.0243. The zero-order valence-corrected chi connectivity index (χ0v) is 46.0. The van der Waals surface area contributed by atoms with Crippen molar-refractivity contribution in [2.24, 2.45) is 0 Å². The van der Waals surface area contributed by atoms with Gasteiger partial charge in [-0.1, -0.05) is 256 Å². The number of likely N-dealkylation sites (N-methyl/N-ethyl adjacent to an activating group) is 1. The van der Waals surface area contributed by atoms with Crippen LogP contribution in [-0.2, 0) is 18.4 Å². The Bertz CT molecular complexity index is 1190. The van der Waals surface area contributed by atoms with E-state index in [-0.39, 0.29) is 19.1 Å². The van der Waals surface area contributed by atoms with Gasteiger partial charge in [0.25, 0.3) is 0 Å². The summed E-state index contributed by atoms with van der Waals surface area (Å²) in [7, 11) is 1.57. The molecule has 0 spiro atoms. The second-order valence-electron chi connectivity index (χ2n) is 21.0. The molecule has 0 aliphatic rings. The number of nitrogens with zero attached hydrogens (tertiary/aromatic N) is 1. The summed E-state index contributed by atoms with van der Waals surface area (Å²) in [6.45, 7) is 4.84. The molecule has 0 fully saturated rings. The van der Waals surface area contributed by atoms with Crippen molar-refractivity contribution in [1.82, 2.24) is 5.32 Å². The summed E-state index contributed by atoms with van der Waals surface area (Å²) in [5, 5.41) is 13.9. The number of phosphoric ester groups is 1. The molecule has 67 heavy (non-hydrogen) atoms. The number of hydrogen-bond donors (Lipinski definition) is 3. The molecule has 0 aromatic carbocycles. The Morgan fingerprint density at radius 2 is 0.851 bits per heavy atom. The molecule has 0 aromatic heterocycles. The Morgan fingerprint density at radius 3 is 1.22 bits per heavy atom. The summed E-state index contributed by atoms with van der Waals surface area (Å²) in [4.78, 5) is 23.3. The van der Waals surface area contributed by atoms with Crippen LogP contribution in [-0.4, -0.2) is 73.4 Å². The number of rotatable bonds is 53.